The maximum absolute atomic E-state index is 13.5. The van der Waals surface area contributed by atoms with Gasteiger partial charge in [-0.15, -0.1) is 0 Å². The first-order valence-corrected chi connectivity index (χ1v) is 16.1. The molecule has 3 aromatic rings. The van der Waals surface area contributed by atoms with E-state index in [9.17, 15) is 23.1 Å². The predicted octanol–water partition coefficient (Wildman–Crippen LogP) is 3.84. The lowest BCUT2D eigenvalue weighted by molar-refractivity contribution is -0.134. The number of urea groups is 1. The number of aryl methyl sites for hydroxylation is 1. The van der Waals surface area contributed by atoms with Crippen molar-refractivity contribution < 1.29 is 37.3 Å². The van der Waals surface area contributed by atoms with E-state index >= 15 is 0 Å². The normalized spacial score (nSPS) is 18.5. The summed E-state index contributed by atoms with van der Waals surface area (Å²) in [7, 11) is -2.23. The van der Waals surface area contributed by atoms with Crippen LogP contribution in [-0.4, -0.2) is 80.9 Å². The summed E-state index contributed by atoms with van der Waals surface area (Å²) < 4.78 is 45.9. The fourth-order valence-electron chi connectivity index (χ4n) is 5.19. The van der Waals surface area contributed by atoms with Gasteiger partial charge in [0.05, 0.1) is 30.5 Å². The highest BCUT2D eigenvalue weighted by atomic mass is 32.2. The number of benzene rings is 3. The Morgan fingerprint density at radius 2 is 1.73 bits per heavy atom. The molecule has 2 heterocycles. The Labute approximate surface area is 262 Å². The number of anilines is 2. The molecule has 0 spiro atoms. The van der Waals surface area contributed by atoms with Gasteiger partial charge in [0, 0.05) is 42.5 Å². The van der Waals surface area contributed by atoms with E-state index in [1.54, 1.807) is 67.4 Å². The van der Waals surface area contributed by atoms with Gasteiger partial charge >= 0.3 is 6.03 Å². The molecule has 3 amide bonds. The highest BCUT2D eigenvalue weighted by molar-refractivity contribution is 7.92. The molecule has 0 radical (unpaired) electrons. The Bertz CT molecular complexity index is 1660. The van der Waals surface area contributed by atoms with Crippen LogP contribution in [0.5, 0.6) is 17.2 Å². The first-order valence-electron chi connectivity index (χ1n) is 14.6. The Hall–Kier alpha value is -4.49. The fourth-order valence-corrected chi connectivity index (χ4v) is 6.24. The van der Waals surface area contributed by atoms with Crippen LogP contribution in [-0.2, 0) is 21.2 Å². The Morgan fingerprint density at radius 3 is 2.47 bits per heavy atom. The largest absolute Gasteiger partial charge is 0.488 e. The zero-order valence-corrected chi connectivity index (χ0v) is 26.5. The molecule has 3 aromatic carbocycles. The molecule has 2 aliphatic heterocycles. The molecule has 0 aromatic heterocycles. The summed E-state index contributed by atoms with van der Waals surface area (Å²) in [4.78, 5) is 29.9. The number of hydrogen-bond acceptors (Lipinski definition) is 8. The van der Waals surface area contributed by atoms with E-state index in [2.05, 4.69) is 10.0 Å². The fraction of sp³-hybridized carbons (Fsp3) is 0.375. The zero-order chi connectivity index (χ0) is 32.3. The third-order valence-corrected chi connectivity index (χ3v) is 9.32. The van der Waals surface area contributed by atoms with Crippen molar-refractivity contribution in [2.75, 3.05) is 43.6 Å². The number of fused-ring (bicyclic) bond motifs is 2. The van der Waals surface area contributed by atoms with Crippen molar-refractivity contribution in [1.29, 1.82) is 0 Å². The molecule has 45 heavy (non-hydrogen) atoms. The number of carbonyl (C=O) groups excluding carboxylic acids is 2. The summed E-state index contributed by atoms with van der Waals surface area (Å²) in [6.45, 7) is 5.91. The number of nitrogens with one attached hydrogen (secondary N) is 2. The summed E-state index contributed by atoms with van der Waals surface area (Å²) in [5.74, 6) is 1.08. The molecular formula is C32H38N4O8S. The van der Waals surface area contributed by atoms with Crippen molar-refractivity contribution in [3.8, 4) is 17.2 Å². The second-order valence-electron chi connectivity index (χ2n) is 11.5. The molecule has 0 saturated heterocycles. The molecule has 12 nitrogen and oxygen atoms in total. The molecule has 0 saturated carbocycles. The minimum absolute atomic E-state index is 0.0698. The minimum atomic E-state index is -3.88. The number of likely N-dealkylation sites (N-methyl/N-ethyl adjacent to an activating group) is 1. The number of aliphatic hydroxyl groups is 1. The van der Waals surface area contributed by atoms with E-state index in [0.29, 0.717) is 28.5 Å². The molecule has 0 fully saturated rings. The first kappa shape index (κ1) is 31.9. The summed E-state index contributed by atoms with van der Waals surface area (Å²) in [6.07, 6.45) is -0.620. The quantitative estimate of drug-likeness (QED) is 0.337. The van der Waals surface area contributed by atoms with Gasteiger partial charge in [0.2, 0.25) is 12.7 Å². The number of hydrogen-bond donors (Lipinski definition) is 3. The lowest BCUT2D eigenvalue weighted by atomic mass is 10.0. The molecule has 2 aliphatic rings. The van der Waals surface area contributed by atoms with E-state index in [-0.39, 0.29) is 61.3 Å². The third-order valence-electron chi connectivity index (χ3n) is 7.92. The van der Waals surface area contributed by atoms with Crippen LogP contribution in [0.4, 0.5) is 16.2 Å². The van der Waals surface area contributed by atoms with Crippen LogP contribution in [0.25, 0.3) is 0 Å². The second kappa shape index (κ2) is 13.2. The second-order valence-corrected chi connectivity index (χ2v) is 13.2. The van der Waals surface area contributed by atoms with Gasteiger partial charge in [-0.05, 0) is 56.3 Å². The lowest BCUT2D eigenvalue weighted by Crippen LogP contribution is -2.48. The monoisotopic (exact) mass is 638 g/mol. The Morgan fingerprint density at radius 1 is 1.04 bits per heavy atom. The first-order chi connectivity index (χ1) is 21.4. The molecule has 5 rings (SSSR count). The third kappa shape index (κ3) is 7.43. The van der Waals surface area contributed by atoms with Crippen molar-refractivity contribution in [3.63, 3.8) is 0 Å². The number of ether oxygens (including phenoxy) is 3. The molecule has 13 heteroatoms. The van der Waals surface area contributed by atoms with Crippen LogP contribution >= 0.6 is 0 Å². The number of sulfonamides is 1. The number of rotatable bonds is 8. The van der Waals surface area contributed by atoms with Crippen molar-refractivity contribution in [2.24, 2.45) is 5.92 Å². The smallest absolute Gasteiger partial charge is 0.321 e. The molecule has 0 unspecified atom stereocenters. The summed E-state index contributed by atoms with van der Waals surface area (Å²) >= 11 is 0. The van der Waals surface area contributed by atoms with E-state index < -0.39 is 22.2 Å². The maximum Gasteiger partial charge on any atom is 0.321 e. The highest BCUT2D eigenvalue weighted by Crippen LogP contribution is 2.34. The van der Waals surface area contributed by atoms with Crippen LogP contribution in [0.15, 0.2) is 65.6 Å². The number of carbonyl (C=O) groups is 2. The van der Waals surface area contributed by atoms with E-state index in [1.807, 2.05) is 13.8 Å². The van der Waals surface area contributed by atoms with Gasteiger partial charge < -0.3 is 34.4 Å². The number of amides is 3. The standard InChI is InChI=1S/C32H38N4O8S/c1-20-5-9-26(10-6-20)45(40,41)34-25-8-11-27-23(13-25)14-31(38)36(22(3)18-37)16-21(2)30(44-27)17-35(4)32(39)33-24-7-12-28-29(15-24)43-19-42-28/h5-13,15,21-22,30,34,37H,14,16-19H2,1-4H3,(H,33,39)/t21-,22-,30-/m0/s1. The molecular weight excluding hydrogens is 600 g/mol. The molecule has 240 valence electrons. The topological polar surface area (TPSA) is 147 Å². The van der Waals surface area contributed by atoms with Gasteiger partial charge in [-0.25, -0.2) is 13.2 Å². The zero-order valence-electron chi connectivity index (χ0n) is 25.6. The number of aliphatic hydroxyl groups excluding tert-OH is 1. The molecule has 3 atom stereocenters. The average molecular weight is 639 g/mol. The van der Waals surface area contributed by atoms with Crippen molar-refractivity contribution in [2.45, 2.75) is 44.2 Å². The summed E-state index contributed by atoms with van der Waals surface area (Å²) in [5.41, 5.74) is 2.23. The van der Waals surface area contributed by atoms with Gasteiger partial charge in [-0.3, -0.25) is 9.52 Å². The van der Waals surface area contributed by atoms with Crippen molar-refractivity contribution >= 4 is 33.3 Å². The minimum Gasteiger partial charge on any atom is -0.488 e. The van der Waals surface area contributed by atoms with E-state index in [4.69, 9.17) is 14.2 Å². The predicted molar refractivity (Wildman–Crippen MR) is 168 cm³/mol. The van der Waals surface area contributed by atoms with Gasteiger partial charge in [-0.1, -0.05) is 24.6 Å². The van der Waals surface area contributed by atoms with Crippen LogP contribution in [0, 0.1) is 12.8 Å². The SMILES string of the molecule is Cc1ccc(S(=O)(=O)Nc2ccc3c(c2)CC(=O)N([C@@H](C)CO)C[C@H](C)[C@H](CN(C)C(=O)Nc2ccc4c(c2)OCO4)O3)cc1. The van der Waals surface area contributed by atoms with Crippen molar-refractivity contribution in [1.82, 2.24) is 9.80 Å². The van der Waals surface area contributed by atoms with Crippen LogP contribution in [0.1, 0.15) is 25.0 Å². The van der Waals surface area contributed by atoms with Crippen LogP contribution < -0.4 is 24.2 Å². The highest BCUT2D eigenvalue weighted by Gasteiger charge is 2.32. The van der Waals surface area contributed by atoms with E-state index in [0.717, 1.165) is 5.56 Å². The van der Waals surface area contributed by atoms with Gasteiger partial charge in [0.15, 0.2) is 11.5 Å². The Balaban J connectivity index is 1.38. The molecule has 0 aliphatic carbocycles. The van der Waals surface area contributed by atoms with Gasteiger partial charge in [-0.2, -0.15) is 0 Å². The Kier molecular flexibility index (Phi) is 9.40. The summed E-state index contributed by atoms with van der Waals surface area (Å²) in [6, 6.07) is 15.6. The lowest BCUT2D eigenvalue weighted by Gasteiger charge is -2.34. The van der Waals surface area contributed by atoms with Gasteiger partial charge in [0.1, 0.15) is 11.9 Å². The number of nitrogens with zero attached hydrogens (tertiary/aromatic N) is 2. The van der Waals surface area contributed by atoms with Crippen LogP contribution in [0.2, 0.25) is 0 Å². The van der Waals surface area contributed by atoms with Gasteiger partial charge in [0.25, 0.3) is 10.0 Å². The summed E-state index contributed by atoms with van der Waals surface area (Å²) in [5, 5.41) is 12.8. The average Bonchev–Trinajstić information content (AvgIpc) is 3.48. The molecule has 3 N–H and O–H groups in total. The molecule has 0 bridgehead atoms. The van der Waals surface area contributed by atoms with Crippen molar-refractivity contribution in [3.05, 3.63) is 71.8 Å². The van der Waals surface area contributed by atoms with Crippen LogP contribution in [0.3, 0.4) is 0 Å². The maximum atomic E-state index is 13.5. The van der Waals surface area contributed by atoms with E-state index in [1.165, 1.54) is 17.0 Å².